The Kier molecular flexibility index (Phi) is 7.28. The first-order valence-electron chi connectivity index (χ1n) is 11.3. The maximum atomic E-state index is 12.9. The van der Waals surface area contributed by atoms with Gasteiger partial charge in [0.05, 0.1) is 21.6 Å². The van der Waals surface area contributed by atoms with Crippen LogP contribution in [0.25, 0.3) is 11.0 Å². The van der Waals surface area contributed by atoms with Crippen molar-refractivity contribution >= 4 is 40.1 Å². The zero-order valence-electron chi connectivity index (χ0n) is 19.3. The first-order chi connectivity index (χ1) is 16.4. The summed E-state index contributed by atoms with van der Waals surface area (Å²) in [5, 5.41) is 6.35. The van der Waals surface area contributed by atoms with Crippen molar-refractivity contribution in [1.29, 1.82) is 0 Å². The fraction of sp³-hybridized carbons (Fsp3) is 0.222. The summed E-state index contributed by atoms with van der Waals surface area (Å²) in [5.41, 5.74) is 5.20. The van der Waals surface area contributed by atoms with Gasteiger partial charge in [0.25, 0.3) is 5.91 Å². The van der Waals surface area contributed by atoms with E-state index in [1.54, 1.807) is 24.3 Å². The summed E-state index contributed by atoms with van der Waals surface area (Å²) in [5.74, 6) is 0.499. The minimum atomic E-state index is -0.202. The van der Waals surface area contributed by atoms with Gasteiger partial charge in [-0.1, -0.05) is 53.6 Å². The molecule has 0 aliphatic rings. The van der Waals surface area contributed by atoms with Crippen molar-refractivity contribution in [1.82, 2.24) is 14.9 Å². The minimum absolute atomic E-state index is 0.108. The molecule has 0 unspecified atom stereocenters. The molecule has 3 aromatic carbocycles. The van der Waals surface area contributed by atoms with Gasteiger partial charge < -0.3 is 15.2 Å². The van der Waals surface area contributed by atoms with Gasteiger partial charge in [-0.25, -0.2) is 4.98 Å². The highest BCUT2D eigenvalue weighted by Crippen LogP contribution is 2.20. The molecule has 0 saturated heterocycles. The summed E-state index contributed by atoms with van der Waals surface area (Å²) in [6.07, 6.45) is 1.30. The number of nitrogens with zero attached hydrogens (tertiary/aromatic N) is 2. The van der Waals surface area contributed by atoms with Crippen LogP contribution in [0.4, 0.5) is 5.69 Å². The van der Waals surface area contributed by atoms with Crippen molar-refractivity contribution in [2.75, 3.05) is 11.9 Å². The Morgan fingerprint density at radius 2 is 1.76 bits per heavy atom. The molecule has 2 amide bonds. The number of nitrogens with one attached hydrogen (secondary N) is 2. The molecule has 0 bridgehead atoms. The van der Waals surface area contributed by atoms with E-state index < -0.39 is 0 Å². The number of aromatic nitrogens is 2. The predicted octanol–water partition coefficient (Wildman–Crippen LogP) is 5.31. The van der Waals surface area contributed by atoms with E-state index in [2.05, 4.69) is 10.6 Å². The highest BCUT2D eigenvalue weighted by atomic mass is 35.5. The Labute approximate surface area is 204 Å². The topological polar surface area (TPSA) is 76.0 Å². The normalized spacial score (nSPS) is 10.9. The lowest BCUT2D eigenvalue weighted by Crippen LogP contribution is -2.25. The van der Waals surface area contributed by atoms with Gasteiger partial charge in [-0.15, -0.1) is 0 Å². The van der Waals surface area contributed by atoms with E-state index in [0.29, 0.717) is 30.0 Å². The number of hydrogen-bond acceptors (Lipinski definition) is 3. The third-order valence-electron chi connectivity index (χ3n) is 5.67. The van der Waals surface area contributed by atoms with E-state index in [4.69, 9.17) is 16.6 Å². The highest BCUT2D eigenvalue weighted by Gasteiger charge is 2.15. The third kappa shape index (κ3) is 5.46. The van der Waals surface area contributed by atoms with Crippen molar-refractivity contribution in [3.05, 3.63) is 94.3 Å². The van der Waals surface area contributed by atoms with Crippen LogP contribution in [0, 0.1) is 13.8 Å². The largest absolute Gasteiger partial charge is 0.352 e. The number of carbonyl (C=O) groups excluding carboxylic acids is 2. The molecule has 0 atom stereocenters. The fourth-order valence-electron chi connectivity index (χ4n) is 3.97. The van der Waals surface area contributed by atoms with Crippen molar-refractivity contribution in [3.8, 4) is 0 Å². The zero-order chi connectivity index (χ0) is 24.1. The number of halogens is 1. The zero-order valence-corrected chi connectivity index (χ0v) is 20.0. The molecule has 1 heterocycles. The minimum Gasteiger partial charge on any atom is -0.352 e. The van der Waals surface area contributed by atoms with Crippen molar-refractivity contribution < 1.29 is 9.59 Å². The quantitative estimate of drug-likeness (QED) is 0.340. The molecule has 2 N–H and O–H groups in total. The van der Waals surface area contributed by atoms with Gasteiger partial charge in [-0.05, 0) is 56.2 Å². The number of carbonyl (C=O) groups is 2. The lowest BCUT2D eigenvalue weighted by molar-refractivity contribution is -0.116. The first kappa shape index (κ1) is 23.5. The van der Waals surface area contributed by atoms with Gasteiger partial charge in [-0.3, -0.25) is 9.59 Å². The van der Waals surface area contributed by atoms with Crippen molar-refractivity contribution in [2.24, 2.45) is 0 Å². The Bertz CT molecular complexity index is 1350. The number of fused-ring (bicyclic) bond motifs is 1. The Morgan fingerprint density at radius 3 is 2.56 bits per heavy atom. The van der Waals surface area contributed by atoms with E-state index in [-0.39, 0.29) is 18.4 Å². The number of hydrogen-bond donors (Lipinski definition) is 2. The molecule has 0 spiro atoms. The highest BCUT2D eigenvalue weighted by molar-refractivity contribution is 6.33. The van der Waals surface area contributed by atoms with Gasteiger partial charge >= 0.3 is 0 Å². The summed E-state index contributed by atoms with van der Waals surface area (Å²) in [6.45, 7) is 4.65. The molecule has 7 heteroatoms. The fourth-order valence-corrected chi connectivity index (χ4v) is 4.19. The van der Waals surface area contributed by atoms with E-state index in [9.17, 15) is 9.59 Å². The number of anilines is 1. The molecular formula is C27H27ClN4O2. The molecule has 0 aliphatic heterocycles. The SMILES string of the molecule is Cc1ccc(NC(=O)Cn2c(CCCNC(=O)c3ccccc3Cl)nc3ccccc32)c(C)c1. The average Bonchev–Trinajstić information content (AvgIpc) is 3.16. The predicted molar refractivity (Wildman–Crippen MR) is 136 cm³/mol. The Morgan fingerprint density at radius 1 is 1.00 bits per heavy atom. The van der Waals surface area contributed by atoms with Crippen LogP contribution < -0.4 is 10.6 Å². The second-order valence-corrected chi connectivity index (χ2v) is 8.72. The number of rotatable bonds is 8. The van der Waals surface area contributed by atoms with Gasteiger partial charge in [-0.2, -0.15) is 0 Å². The molecule has 0 saturated carbocycles. The van der Waals surface area contributed by atoms with Gasteiger partial charge in [0.1, 0.15) is 12.4 Å². The van der Waals surface area contributed by atoms with E-state index >= 15 is 0 Å². The van der Waals surface area contributed by atoms with Crippen molar-refractivity contribution in [3.63, 3.8) is 0 Å². The second kappa shape index (κ2) is 10.5. The number of para-hydroxylation sites is 2. The first-order valence-corrected chi connectivity index (χ1v) is 11.6. The average molecular weight is 475 g/mol. The molecule has 4 aromatic rings. The molecule has 0 aliphatic carbocycles. The van der Waals surface area contributed by atoms with Crippen LogP contribution >= 0.6 is 11.6 Å². The smallest absolute Gasteiger partial charge is 0.252 e. The molecule has 174 valence electrons. The van der Waals surface area contributed by atoms with Crippen LogP contribution in [0.1, 0.15) is 33.7 Å². The summed E-state index contributed by atoms with van der Waals surface area (Å²) in [4.78, 5) is 30.0. The lowest BCUT2D eigenvalue weighted by atomic mass is 10.1. The van der Waals surface area contributed by atoms with Gasteiger partial charge in [0.2, 0.25) is 5.91 Å². The number of benzene rings is 3. The van der Waals surface area contributed by atoms with E-state index in [0.717, 1.165) is 33.7 Å². The molecule has 1 aromatic heterocycles. The molecule has 6 nitrogen and oxygen atoms in total. The standard InChI is InChI=1S/C27H27ClN4O2/c1-18-13-14-22(19(2)16-18)31-26(33)17-32-24-11-6-5-10-23(24)30-25(32)12-7-15-29-27(34)20-8-3-4-9-21(20)28/h3-6,8-11,13-14,16H,7,12,15,17H2,1-2H3,(H,29,34)(H,31,33). The second-order valence-electron chi connectivity index (χ2n) is 8.31. The molecule has 0 fully saturated rings. The Hall–Kier alpha value is -3.64. The van der Waals surface area contributed by atoms with Crippen LogP contribution in [-0.4, -0.2) is 27.9 Å². The lowest BCUT2D eigenvalue weighted by Gasteiger charge is -2.12. The molecule has 4 rings (SSSR count). The van der Waals surface area contributed by atoms with Crippen LogP contribution in [-0.2, 0) is 17.8 Å². The maximum absolute atomic E-state index is 12.9. The summed E-state index contributed by atoms with van der Waals surface area (Å²) >= 11 is 6.11. The van der Waals surface area contributed by atoms with Crippen molar-refractivity contribution in [2.45, 2.75) is 33.2 Å². The van der Waals surface area contributed by atoms with E-state index in [1.165, 1.54) is 0 Å². The molecule has 0 radical (unpaired) electrons. The summed E-state index contributed by atoms with van der Waals surface area (Å²) < 4.78 is 1.95. The molecule has 34 heavy (non-hydrogen) atoms. The number of imidazole rings is 1. The molecular weight excluding hydrogens is 448 g/mol. The van der Waals surface area contributed by atoms with E-state index in [1.807, 2.05) is 60.9 Å². The van der Waals surface area contributed by atoms with Crippen LogP contribution in [0.15, 0.2) is 66.7 Å². The number of amides is 2. The summed E-state index contributed by atoms with van der Waals surface area (Å²) in [6, 6.07) is 20.7. The van der Waals surface area contributed by atoms with Crippen LogP contribution in [0.2, 0.25) is 5.02 Å². The van der Waals surface area contributed by atoms with Gasteiger partial charge in [0, 0.05) is 18.7 Å². The number of aryl methyl sites for hydroxylation is 3. The Balaban J connectivity index is 1.43. The van der Waals surface area contributed by atoms with Crippen LogP contribution in [0.5, 0.6) is 0 Å². The van der Waals surface area contributed by atoms with Crippen LogP contribution in [0.3, 0.4) is 0 Å². The maximum Gasteiger partial charge on any atom is 0.252 e. The monoisotopic (exact) mass is 474 g/mol. The van der Waals surface area contributed by atoms with Gasteiger partial charge in [0.15, 0.2) is 0 Å². The summed E-state index contributed by atoms with van der Waals surface area (Å²) in [7, 11) is 0. The third-order valence-corrected chi connectivity index (χ3v) is 6.00.